The Morgan fingerprint density at radius 1 is 1.42 bits per heavy atom. The van der Waals surface area contributed by atoms with Crippen LogP contribution in [0.3, 0.4) is 0 Å². The average molecular weight is 347 g/mol. The lowest BCUT2D eigenvalue weighted by Crippen LogP contribution is -2.39. The summed E-state index contributed by atoms with van der Waals surface area (Å²) in [5.41, 5.74) is 0.834. The van der Waals surface area contributed by atoms with Crippen molar-refractivity contribution in [2.75, 3.05) is 0 Å². The van der Waals surface area contributed by atoms with E-state index in [-0.39, 0.29) is 18.3 Å². The number of aromatic nitrogens is 2. The fourth-order valence-corrected chi connectivity index (χ4v) is 2.45. The molecule has 3 heterocycles. The van der Waals surface area contributed by atoms with E-state index in [1.165, 1.54) is 30.6 Å². The van der Waals surface area contributed by atoms with E-state index in [2.05, 4.69) is 15.5 Å². The van der Waals surface area contributed by atoms with Crippen molar-refractivity contribution in [1.29, 1.82) is 0 Å². The van der Waals surface area contributed by atoms with Gasteiger partial charge >= 0.3 is 5.97 Å². The molecule has 3 aromatic rings. The summed E-state index contributed by atoms with van der Waals surface area (Å²) in [6, 6.07) is 4.09. The van der Waals surface area contributed by atoms with Crippen LogP contribution in [0.5, 0.6) is 0 Å². The maximum atomic E-state index is 11.9. The molecule has 1 atom stereocenters. The highest BCUT2D eigenvalue weighted by Gasteiger charge is 2.20. The van der Waals surface area contributed by atoms with Crippen LogP contribution < -0.4 is 5.32 Å². The van der Waals surface area contributed by atoms with Crippen molar-refractivity contribution in [2.24, 2.45) is 0 Å². The Labute approximate surface area is 140 Å². The molecule has 1 amide bonds. The molecule has 0 bridgehead atoms. The van der Waals surface area contributed by atoms with Crippen LogP contribution in [0.25, 0.3) is 11.4 Å². The molecular formula is C15H13N3O5S. The van der Waals surface area contributed by atoms with E-state index in [4.69, 9.17) is 13.7 Å². The van der Waals surface area contributed by atoms with Crippen molar-refractivity contribution < 1.29 is 23.3 Å². The molecular weight excluding hydrogens is 334 g/mol. The Morgan fingerprint density at radius 3 is 3.00 bits per heavy atom. The van der Waals surface area contributed by atoms with E-state index < -0.39 is 17.9 Å². The van der Waals surface area contributed by atoms with Crippen molar-refractivity contribution in [3.05, 3.63) is 46.9 Å². The maximum Gasteiger partial charge on any atom is 0.328 e. The largest absolute Gasteiger partial charge is 0.459 e. The number of carbonyl (C=O) groups is 2. The van der Waals surface area contributed by atoms with Crippen LogP contribution in [-0.2, 0) is 16.1 Å². The summed E-state index contributed by atoms with van der Waals surface area (Å²) in [6.07, 6.45) is 1.37. The monoisotopic (exact) mass is 347 g/mol. The summed E-state index contributed by atoms with van der Waals surface area (Å²) in [4.78, 5) is 27.8. The lowest BCUT2D eigenvalue weighted by molar-refractivity contribution is -0.147. The van der Waals surface area contributed by atoms with Gasteiger partial charge in [-0.05, 0) is 30.5 Å². The third kappa shape index (κ3) is 3.69. The number of rotatable bonds is 6. The second kappa shape index (κ2) is 7.09. The number of amides is 1. The highest BCUT2D eigenvalue weighted by atomic mass is 32.1. The first-order valence-corrected chi connectivity index (χ1v) is 7.94. The molecule has 0 aliphatic heterocycles. The van der Waals surface area contributed by atoms with Crippen LogP contribution in [0, 0.1) is 0 Å². The third-order valence-electron chi connectivity index (χ3n) is 3.03. The summed E-state index contributed by atoms with van der Waals surface area (Å²) in [6.45, 7) is 1.34. The molecule has 124 valence electrons. The molecule has 0 aromatic carbocycles. The first-order chi connectivity index (χ1) is 11.6. The van der Waals surface area contributed by atoms with Gasteiger partial charge in [-0.3, -0.25) is 4.79 Å². The number of carbonyl (C=O) groups excluding carboxylic acids is 2. The SMILES string of the molecule is C[C@H](NC(=O)c1ccco1)C(=O)OCc1nc(-c2ccsc2)no1. The van der Waals surface area contributed by atoms with Gasteiger partial charge in [-0.1, -0.05) is 5.16 Å². The Morgan fingerprint density at radius 2 is 2.29 bits per heavy atom. The van der Waals surface area contributed by atoms with Crippen LogP contribution in [0.1, 0.15) is 23.4 Å². The Kier molecular flexibility index (Phi) is 4.71. The van der Waals surface area contributed by atoms with Crippen molar-refractivity contribution in [1.82, 2.24) is 15.5 Å². The minimum atomic E-state index is -0.845. The summed E-state index contributed by atoms with van der Waals surface area (Å²) in [5, 5.41) is 10.1. The van der Waals surface area contributed by atoms with Gasteiger partial charge < -0.3 is 19.0 Å². The number of ether oxygens (including phenoxy) is 1. The minimum Gasteiger partial charge on any atom is -0.459 e. The van der Waals surface area contributed by atoms with Gasteiger partial charge in [0.15, 0.2) is 12.4 Å². The van der Waals surface area contributed by atoms with Gasteiger partial charge in [-0.15, -0.1) is 0 Å². The molecule has 0 unspecified atom stereocenters. The van der Waals surface area contributed by atoms with Crippen LogP contribution in [-0.4, -0.2) is 28.1 Å². The highest BCUT2D eigenvalue weighted by molar-refractivity contribution is 7.08. The van der Waals surface area contributed by atoms with Crippen molar-refractivity contribution in [2.45, 2.75) is 19.6 Å². The molecule has 1 N–H and O–H groups in total. The summed E-state index contributed by atoms with van der Waals surface area (Å²) in [7, 11) is 0. The Balaban J connectivity index is 1.51. The number of esters is 1. The quantitative estimate of drug-likeness (QED) is 0.681. The van der Waals surface area contributed by atoms with Crippen LogP contribution in [0.15, 0.2) is 44.2 Å². The zero-order valence-electron chi connectivity index (χ0n) is 12.6. The number of nitrogens with zero attached hydrogens (tertiary/aromatic N) is 2. The number of furan rings is 1. The fraction of sp³-hybridized carbons (Fsp3) is 0.200. The molecule has 0 fully saturated rings. The van der Waals surface area contributed by atoms with Gasteiger partial charge in [0.2, 0.25) is 5.82 Å². The molecule has 3 aromatic heterocycles. The van der Waals surface area contributed by atoms with Crippen LogP contribution >= 0.6 is 11.3 Å². The average Bonchev–Trinajstić information content (AvgIpc) is 3.34. The Hall–Kier alpha value is -2.94. The van der Waals surface area contributed by atoms with Crippen molar-refractivity contribution in [3.63, 3.8) is 0 Å². The third-order valence-corrected chi connectivity index (χ3v) is 3.71. The topological polar surface area (TPSA) is 107 Å². The number of nitrogens with one attached hydrogen (secondary N) is 1. The second-order valence-electron chi connectivity index (χ2n) is 4.80. The van der Waals surface area contributed by atoms with E-state index >= 15 is 0 Å². The highest BCUT2D eigenvalue weighted by Crippen LogP contribution is 2.18. The van der Waals surface area contributed by atoms with E-state index in [1.807, 2.05) is 16.8 Å². The smallest absolute Gasteiger partial charge is 0.328 e. The van der Waals surface area contributed by atoms with E-state index in [9.17, 15) is 9.59 Å². The molecule has 0 aliphatic rings. The first kappa shape index (κ1) is 15.9. The molecule has 24 heavy (non-hydrogen) atoms. The predicted molar refractivity (Wildman–Crippen MR) is 83.0 cm³/mol. The van der Waals surface area contributed by atoms with Crippen LogP contribution in [0.4, 0.5) is 0 Å². The van der Waals surface area contributed by atoms with Gasteiger partial charge in [0.25, 0.3) is 11.8 Å². The van der Waals surface area contributed by atoms with Gasteiger partial charge in [0.1, 0.15) is 6.04 Å². The van der Waals surface area contributed by atoms with Gasteiger partial charge in [-0.2, -0.15) is 16.3 Å². The van der Waals surface area contributed by atoms with Gasteiger partial charge in [-0.25, -0.2) is 4.79 Å². The minimum absolute atomic E-state index is 0.118. The Bertz CT molecular complexity index is 810. The lowest BCUT2D eigenvalue weighted by atomic mass is 10.3. The van der Waals surface area contributed by atoms with E-state index in [0.717, 1.165) is 5.56 Å². The first-order valence-electron chi connectivity index (χ1n) is 6.99. The predicted octanol–water partition coefficient (Wildman–Crippen LogP) is 2.25. The summed E-state index contributed by atoms with van der Waals surface area (Å²) >= 11 is 1.52. The van der Waals surface area contributed by atoms with Gasteiger partial charge in [0.05, 0.1) is 6.26 Å². The van der Waals surface area contributed by atoms with E-state index in [0.29, 0.717) is 5.82 Å². The number of hydrogen-bond acceptors (Lipinski definition) is 8. The molecule has 0 saturated heterocycles. The molecule has 0 radical (unpaired) electrons. The zero-order chi connectivity index (χ0) is 16.9. The molecule has 0 spiro atoms. The molecule has 3 rings (SSSR count). The lowest BCUT2D eigenvalue weighted by Gasteiger charge is -2.11. The molecule has 0 saturated carbocycles. The molecule has 0 aliphatic carbocycles. The van der Waals surface area contributed by atoms with Crippen LogP contribution in [0.2, 0.25) is 0 Å². The summed E-state index contributed by atoms with van der Waals surface area (Å²) in [5.74, 6) is -0.394. The standard InChI is InChI=1S/C15H13N3O5S/c1-9(16-14(19)11-3-2-5-21-11)15(20)22-7-12-17-13(18-23-12)10-4-6-24-8-10/h2-6,8-9H,7H2,1H3,(H,16,19)/t9-/m0/s1. The fourth-order valence-electron chi connectivity index (χ4n) is 1.81. The normalized spacial score (nSPS) is 11.9. The maximum absolute atomic E-state index is 11.9. The zero-order valence-corrected chi connectivity index (χ0v) is 13.4. The molecule has 8 nitrogen and oxygen atoms in total. The van der Waals surface area contributed by atoms with Crippen molar-refractivity contribution in [3.8, 4) is 11.4 Å². The second-order valence-corrected chi connectivity index (χ2v) is 5.58. The number of hydrogen-bond donors (Lipinski definition) is 1. The number of thiophene rings is 1. The molecule has 9 heteroatoms. The summed E-state index contributed by atoms with van der Waals surface area (Å²) < 4.78 is 15.0. The van der Waals surface area contributed by atoms with Crippen molar-refractivity contribution >= 4 is 23.2 Å². The van der Waals surface area contributed by atoms with Gasteiger partial charge in [0, 0.05) is 10.9 Å². The van der Waals surface area contributed by atoms with E-state index in [1.54, 1.807) is 6.07 Å².